The number of ether oxygens (including phenoxy) is 3. The molecule has 4 rings (SSSR count). The van der Waals surface area contributed by atoms with Crippen molar-refractivity contribution in [2.75, 3.05) is 14.2 Å². The van der Waals surface area contributed by atoms with E-state index in [1.807, 2.05) is 44.2 Å². The molecule has 0 bridgehead atoms. The molecule has 36 heavy (non-hydrogen) atoms. The number of rotatable bonds is 5. The van der Waals surface area contributed by atoms with Gasteiger partial charge >= 0.3 is 5.97 Å². The smallest absolute Gasteiger partial charge is 0.344 e. The van der Waals surface area contributed by atoms with Crippen LogP contribution >= 0.6 is 0 Å². The Morgan fingerprint density at radius 2 is 1.42 bits per heavy atom. The van der Waals surface area contributed by atoms with Crippen molar-refractivity contribution in [2.24, 2.45) is 0 Å². The standard InChI is InChI=1S/C30H30O6/c1-17-12-24-25(13-18(17)2)35-27(19-8-10-21(11-9-19)30(3,4)5)28(26(24)31)36-29(32)20-14-22(33-6)16-23(15-20)34-7/h8-16H,1-7H3. The molecule has 0 saturated heterocycles. The van der Waals surface area contributed by atoms with Crippen LogP contribution in [0.3, 0.4) is 0 Å². The zero-order valence-electron chi connectivity index (χ0n) is 21.6. The highest BCUT2D eigenvalue weighted by Gasteiger charge is 2.23. The minimum absolute atomic E-state index is 0.0435. The van der Waals surface area contributed by atoms with Crippen molar-refractivity contribution in [3.63, 3.8) is 0 Å². The third kappa shape index (κ3) is 4.85. The lowest BCUT2D eigenvalue weighted by Crippen LogP contribution is -2.17. The summed E-state index contributed by atoms with van der Waals surface area (Å²) in [7, 11) is 2.98. The van der Waals surface area contributed by atoms with Gasteiger partial charge in [0, 0.05) is 11.6 Å². The third-order valence-corrected chi connectivity index (χ3v) is 6.26. The summed E-state index contributed by atoms with van der Waals surface area (Å²) in [5.74, 6) is 0.155. The number of hydrogen-bond donors (Lipinski definition) is 0. The molecule has 0 amide bonds. The molecule has 0 N–H and O–H groups in total. The average Bonchev–Trinajstić information content (AvgIpc) is 2.86. The van der Waals surface area contributed by atoms with E-state index in [0.717, 1.165) is 16.7 Å². The van der Waals surface area contributed by atoms with Gasteiger partial charge in [0.25, 0.3) is 0 Å². The van der Waals surface area contributed by atoms with E-state index in [4.69, 9.17) is 18.6 Å². The number of aryl methyl sites for hydroxylation is 2. The third-order valence-electron chi connectivity index (χ3n) is 6.26. The van der Waals surface area contributed by atoms with Crippen LogP contribution in [0.25, 0.3) is 22.3 Å². The van der Waals surface area contributed by atoms with Crippen LogP contribution in [0.2, 0.25) is 0 Å². The fourth-order valence-electron chi connectivity index (χ4n) is 3.91. The molecule has 1 heterocycles. The van der Waals surface area contributed by atoms with E-state index < -0.39 is 11.4 Å². The summed E-state index contributed by atoms with van der Waals surface area (Å²) in [6.07, 6.45) is 0. The van der Waals surface area contributed by atoms with E-state index >= 15 is 0 Å². The predicted octanol–water partition coefficient (Wildman–Crippen LogP) is 6.61. The number of benzene rings is 3. The Morgan fingerprint density at radius 3 is 1.97 bits per heavy atom. The predicted molar refractivity (Wildman–Crippen MR) is 141 cm³/mol. The van der Waals surface area contributed by atoms with E-state index in [0.29, 0.717) is 28.0 Å². The minimum atomic E-state index is -0.727. The Morgan fingerprint density at radius 1 is 0.833 bits per heavy atom. The average molecular weight is 487 g/mol. The Bertz CT molecular complexity index is 1480. The molecule has 0 spiro atoms. The number of hydrogen-bond acceptors (Lipinski definition) is 6. The van der Waals surface area contributed by atoms with Gasteiger partial charge in [-0.25, -0.2) is 4.79 Å². The van der Waals surface area contributed by atoms with Gasteiger partial charge < -0.3 is 18.6 Å². The van der Waals surface area contributed by atoms with Gasteiger partial charge in [0.1, 0.15) is 17.1 Å². The highest BCUT2D eigenvalue weighted by molar-refractivity contribution is 5.94. The monoisotopic (exact) mass is 486 g/mol. The van der Waals surface area contributed by atoms with Crippen LogP contribution in [-0.4, -0.2) is 20.2 Å². The maximum atomic E-state index is 13.6. The van der Waals surface area contributed by atoms with Crippen molar-refractivity contribution >= 4 is 16.9 Å². The molecule has 0 unspecified atom stereocenters. The molecule has 0 saturated carbocycles. The van der Waals surface area contributed by atoms with Crippen molar-refractivity contribution in [3.05, 3.63) is 87.1 Å². The van der Waals surface area contributed by atoms with Crippen LogP contribution in [0.5, 0.6) is 17.2 Å². The van der Waals surface area contributed by atoms with Crippen molar-refractivity contribution in [3.8, 4) is 28.6 Å². The molecule has 0 aliphatic heterocycles. The summed E-state index contributed by atoms with van der Waals surface area (Å²) in [4.78, 5) is 26.9. The number of methoxy groups -OCH3 is 2. The lowest BCUT2D eigenvalue weighted by molar-refractivity contribution is 0.0730. The molecule has 0 aliphatic carbocycles. The maximum Gasteiger partial charge on any atom is 0.344 e. The van der Waals surface area contributed by atoms with Crippen molar-refractivity contribution in [1.29, 1.82) is 0 Å². The van der Waals surface area contributed by atoms with Crippen LogP contribution < -0.4 is 19.6 Å². The van der Waals surface area contributed by atoms with Crippen molar-refractivity contribution in [2.45, 2.75) is 40.0 Å². The number of carbonyl (C=O) groups excluding carboxylic acids is 1. The maximum absolute atomic E-state index is 13.6. The lowest BCUT2D eigenvalue weighted by Gasteiger charge is -2.19. The Hall–Kier alpha value is -4.06. The Labute approximate surface area is 210 Å². The van der Waals surface area contributed by atoms with Gasteiger partial charge in [0.2, 0.25) is 11.2 Å². The molecular formula is C30H30O6. The summed E-state index contributed by atoms with van der Waals surface area (Å²) in [6, 6.07) is 16.0. The van der Waals surface area contributed by atoms with Gasteiger partial charge in [-0.3, -0.25) is 4.79 Å². The summed E-state index contributed by atoms with van der Waals surface area (Å²) in [5.41, 5.74) is 3.84. The molecule has 6 nitrogen and oxygen atoms in total. The summed E-state index contributed by atoms with van der Waals surface area (Å²) >= 11 is 0. The van der Waals surface area contributed by atoms with Gasteiger partial charge in [-0.2, -0.15) is 0 Å². The van der Waals surface area contributed by atoms with E-state index in [9.17, 15) is 9.59 Å². The van der Waals surface area contributed by atoms with E-state index in [1.165, 1.54) is 26.4 Å². The lowest BCUT2D eigenvalue weighted by atomic mass is 9.86. The van der Waals surface area contributed by atoms with Gasteiger partial charge in [0.15, 0.2) is 5.76 Å². The second-order valence-corrected chi connectivity index (χ2v) is 9.84. The Balaban J connectivity index is 1.89. The van der Waals surface area contributed by atoms with Crippen molar-refractivity contribution < 1.29 is 23.4 Å². The van der Waals surface area contributed by atoms with Crippen LogP contribution in [-0.2, 0) is 5.41 Å². The minimum Gasteiger partial charge on any atom is -0.497 e. The fraction of sp³-hybridized carbons (Fsp3) is 0.267. The zero-order chi connectivity index (χ0) is 26.2. The highest BCUT2D eigenvalue weighted by Crippen LogP contribution is 2.34. The topological polar surface area (TPSA) is 75.0 Å². The molecular weight excluding hydrogens is 456 g/mol. The van der Waals surface area contributed by atoms with Crippen LogP contribution in [0, 0.1) is 13.8 Å². The highest BCUT2D eigenvalue weighted by atomic mass is 16.5. The number of carbonyl (C=O) groups is 1. The molecule has 186 valence electrons. The molecule has 0 fully saturated rings. The normalized spacial score (nSPS) is 11.4. The first-order valence-electron chi connectivity index (χ1n) is 11.7. The first-order valence-corrected chi connectivity index (χ1v) is 11.7. The molecule has 3 aromatic carbocycles. The largest absolute Gasteiger partial charge is 0.497 e. The molecule has 0 aliphatic rings. The second-order valence-electron chi connectivity index (χ2n) is 9.84. The molecule has 0 atom stereocenters. The number of fused-ring (bicyclic) bond motifs is 1. The molecule has 6 heteroatoms. The SMILES string of the molecule is COc1cc(OC)cc(C(=O)Oc2c(-c3ccc(C(C)(C)C)cc3)oc3cc(C)c(C)cc3c2=O)c1. The summed E-state index contributed by atoms with van der Waals surface area (Å²) in [5, 5.41) is 0.346. The van der Waals surface area contributed by atoms with Crippen LogP contribution in [0.1, 0.15) is 47.8 Å². The fourth-order valence-corrected chi connectivity index (χ4v) is 3.91. The molecule has 0 radical (unpaired) electrons. The molecule has 4 aromatic rings. The van der Waals surface area contributed by atoms with Gasteiger partial charge in [-0.15, -0.1) is 0 Å². The first kappa shape index (κ1) is 25.0. The van der Waals surface area contributed by atoms with Gasteiger partial charge in [0.05, 0.1) is 25.2 Å². The zero-order valence-corrected chi connectivity index (χ0v) is 21.6. The Kier molecular flexibility index (Phi) is 6.63. The summed E-state index contributed by atoms with van der Waals surface area (Å²) < 4.78 is 22.5. The van der Waals surface area contributed by atoms with Gasteiger partial charge in [-0.05, 0) is 60.2 Å². The molecule has 1 aromatic heterocycles. The van der Waals surface area contributed by atoms with E-state index in [2.05, 4.69) is 20.8 Å². The number of esters is 1. The first-order chi connectivity index (χ1) is 17.0. The van der Waals surface area contributed by atoms with Crippen molar-refractivity contribution in [1.82, 2.24) is 0 Å². The van der Waals surface area contributed by atoms with Crippen LogP contribution in [0.15, 0.2) is 63.8 Å². The van der Waals surface area contributed by atoms with E-state index in [1.54, 1.807) is 12.1 Å². The summed E-state index contributed by atoms with van der Waals surface area (Å²) in [6.45, 7) is 10.2. The second kappa shape index (κ2) is 9.53. The van der Waals surface area contributed by atoms with Crippen LogP contribution in [0.4, 0.5) is 0 Å². The van der Waals surface area contributed by atoms with Gasteiger partial charge in [-0.1, -0.05) is 45.0 Å². The van der Waals surface area contributed by atoms with E-state index in [-0.39, 0.29) is 22.5 Å². The quantitative estimate of drug-likeness (QED) is 0.296.